The van der Waals surface area contributed by atoms with Crippen molar-refractivity contribution in [2.45, 2.75) is 5.08 Å². The van der Waals surface area contributed by atoms with E-state index in [-0.39, 0.29) is 0 Å². The van der Waals surface area contributed by atoms with Gasteiger partial charge in [-0.3, -0.25) is 0 Å². The van der Waals surface area contributed by atoms with Gasteiger partial charge in [0.05, 0.1) is 0 Å². The average Bonchev–Trinajstić information content (AvgIpc) is 1.36. The molecular formula is C2H2BrFO2. The predicted molar refractivity (Wildman–Crippen MR) is 21.5 cm³/mol. The summed E-state index contributed by atoms with van der Waals surface area (Å²) in [5.74, 6) is -1.49. The van der Waals surface area contributed by atoms with Crippen molar-refractivity contribution >= 4 is 21.9 Å². The highest BCUT2D eigenvalue weighted by Gasteiger charge is 2.07. The summed E-state index contributed by atoms with van der Waals surface area (Å²) in [6.45, 7) is 0. The number of carbonyl (C=O) groups is 1. The second kappa shape index (κ2) is 2.12. The van der Waals surface area contributed by atoms with Gasteiger partial charge in [-0.15, -0.1) is 0 Å². The van der Waals surface area contributed by atoms with Crippen LogP contribution in [0.2, 0.25) is 0 Å². The maximum absolute atomic E-state index is 11.1. The Labute approximate surface area is 42.1 Å². The lowest BCUT2D eigenvalue weighted by atomic mass is 10.8. The highest BCUT2D eigenvalue weighted by molar-refractivity contribution is 9.09. The minimum absolute atomic E-state index is 1.49. The molecule has 1 atom stereocenters. The van der Waals surface area contributed by atoms with Crippen LogP contribution in [0.15, 0.2) is 0 Å². The molecular weight excluding hydrogens is 155 g/mol. The van der Waals surface area contributed by atoms with Gasteiger partial charge < -0.3 is 5.11 Å². The number of carboxylic acids is 1. The summed E-state index contributed by atoms with van der Waals surface area (Å²) in [5, 5.41) is 5.65. The van der Waals surface area contributed by atoms with Gasteiger partial charge in [0.25, 0.3) is 5.08 Å². The van der Waals surface area contributed by atoms with Crippen LogP contribution < -0.4 is 0 Å². The minimum Gasteiger partial charge on any atom is -0.478 e. The van der Waals surface area contributed by atoms with Crippen LogP contribution in [0.3, 0.4) is 0 Å². The van der Waals surface area contributed by atoms with Crippen LogP contribution in [0.5, 0.6) is 0 Å². The summed E-state index contributed by atoms with van der Waals surface area (Å²) >= 11 is 2.17. The Morgan fingerprint density at radius 2 is 2.17 bits per heavy atom. The topological polar surface area (TPSA) is 37.3 Å². The lowest BCUT2D eigenvalue weighted by Crippen LogP contribution is -2.04. The molecule has 0 bridgehead atoms. The lowest BCUT2D eigenvalue weighted by Gasteiger charge is -1.83. The molecule has 0 unspecified atom stereocenters. The van der Waals surface area contributed by atoms with E-state index in [1.54, 1.807) is 0 Å². The normalized spacial score (nSPS) is 13.7. The van der Waals surface area contributed by atoms with Gasteiger partial charge in [0.15, 0.2) is 0 Å². The van der Waals surface area contributed by atoms with E-state index in [2.05, 4.69) is 15.9 Å². The van der Waals surface area contributed by atoms with Crippen molar-refractivity contribution in [2.24, 2.45) is 0 Å². The molecule has 0 aliphatic heterocycles. The fourth-order valence-corrected chi connectivity index (χ4v) is 0. The molecule has 2 nitrogen and oxygen atoms in total. The largest absolute Gasteiger partial charge is 0.478 e. The van der Waals surface area contributed by atoms with E-state index < -0.39 is 11.1 Å². The monoisotopic (exact) mass is 156 g/mol. The SMILES string of the molecule is O=C(O)[C@H](F)Br. The molecule has 0 amide bonds. The van der Waals surface area contributed by atoms with Crippen molar-refractivity contribution in [1.29, 1.82) is 0 Å². The molecule has 0 aliphatic carbocycles. The van der Waals surface area contributed by atoms with Gasteiger partial charge in [0.1, 0.15) is 0 Å². The number of halogens is 2. The van der Waals surface area contributed by atoms with Crippen LogP contribution in [0, 0.1) is 0 Å². The van der Waals surface area contributed by atoms with E-state index >= 15 is 0 Å². The molecule has 0 saturated heterocycles. The molecule has 0 fully saturated rings. The molecule has 4 heteroatoms. The molecule has 0 radical (unpaired) electrons. The summed E-state index contributed by atoms with van der Waals surface area (Å²) in [7, 11) is 0. The average molecular weight is 157 g/mol. The first-order valence-electron chi connectivity index (χ1n) is 1.15. The predicted octanol–water partition coefficient (Wildman–Crippen LogP) is 0.762. The van der Waals surface area contributed by atoms with Gasteiger partial charge in [0, 0.05) is 0 Å². The van der Waals surface area contributed by atoms with Crippen LogP contribution in [-0.2, 0) is 4.79 Å². The Balaban J connectivity index is 3.26. The van der Waals surface area contributed by atoms with Gasteiger partial charge >= 0.3 is 5.97 Å². The van der Waals surface area contributed by atoms with Gasteiger partial charge in [-0.05, 0) is 15.9 Å². The zero-order valence-corrected chi connectivity index (χ0v) is 4.27. The summed E-state index contributed by atoms with van der Waals surface area (Å²) < 4.78 is 11.1. The highest BCUT2D eigenvalue weighted by atomic mass is 79.9. The minimum atomic E-state index is -1.92. The Bertz CT molecular complexity index is 62.6. The van der Waals surface area contributed by atoms with E-state index in [1.807, 2.05) is 0 Å². The van der Waals surface area contributed by atoms with Crippen LogP contribution >= 0.6 is 15.9 Å². The van der Waals surface area contributed by atoms with Crippen LogP contribution in [0.1, 0.15) is 0 Å². The van der Waals surface area contributed by atoms with E-state index in [0.717, 1.165) is 0 Å². The Hall–Kier alpha value is -0.120. The standard InChI is InChI=1S/C2H2BrFO2/c3-1(4)2(5)6/h1H,(H,5,6)/t1-/m0/s1. The molecule has 0 spiro atoms. The number of hydrogen-bond donors (Lipinski definition) is 1. The van der Waals surface area contributed by atoms with Crippen LogP contribution in [0.25, 0.3) is 0 Å². The third-order valence-electron chi connectivity index (χ3n) is 0.187. The van der Waals surface area contributed by atoms with Crippen molar-refractivity contribution in [2.75, 3.05) is 0 Å². The third-order valence-corrected chi connectivity index (χ3v) is 0.578. The van der Waals surface area contributed by atoms with Gasteiger partial charge in [-0.1, -0.05) is 0 Å². The lowest BCUT2D eigenvalue weighted by molar-refractivity contribution is -0.139. The quantitative estimate of drug-likeness (QED) is 0.570. The van der Waals surface area contributed by atoms with Crippen LogP contribution in [-0.4, -0.2) is 16.2 Å². The fraction of sp³-hybridized carbons (Fsp3) is 0.500. The second-order valence-corrected chi connectivity index (χ2v) is 1.44. The van der Waals surface area contributed by atoms with E-state index in [4.69, 9.17) is 5.11 Å². The van der Waals surface area contributed by atoms with Crippen molar-refractivity contribution < 1.29 is 14.3 Å². The van der Waals surface area contributed by atoms with Crippen LogP contribution in [0.4, 0.5) is 4.39 Å². The first-order chi connectivity index (χ1) is 2.64. The van der Waals surface area contributed by atoms with Crippen molar-refractivity contribution in [3.05, 3.63) is 0 Å². The fourth-order valence-electron chi connectivity index (χ4n) is 0. The van der Waals surface area contributed by atoms with E-state index in [1.165, 1.54) is 0 Å². The number of aliphatic carboxylic acids is 1. The first kappa shape index (κ1) is 5.88. The summed E-state index contributed by atoms with van der Waals surface area (Å²) in [5.41, 5.74) is 0. The third kappa shape index (κ3) is 2.14. The van der Waals surface area contributed by atoms with Crippen molar-refractivity contribution in [3.63, 3.8) is 0 Å². The maximum Gasteiger partial charge on any atom is 0.349 e. The zero-order chi connectivity index (χ0) is 5.15. The van der Waals surface area contributed by atoms with Crippen molar-refractivity contribution in [1.82, 2.24) is 0 Å². The molecule has 36 valence electrons. The molecule has 0 saturated carbocycles. The van der Waals surface area contributed by atoms with Gasteiger partial charge in [0.2, 0.25) is 0 Å². The molecule has 1 N–H and O–H groups in total. The summed E-state index contributed by atoms with van der Waals surface area (Å²) in [4.78, 5) is 9.28. The molecule has 0 aliphatic rings. The Morgan fingerprint density at radius 1 is 2.00 bits per heavy atom. The Morgan fingerprint density at radius 3 is 2.17 bits per heavy atom. The van der Waals surface area contributed by atoms with Gasteiger partial charge in [-0.25, -0.2) is 9.18 Å². The Kier molecular flexibility index (Phi) is 2.08. The number of alkyl halides is 2. The van der Waals surface area contributed by atoms with E-state index in [0.29, 0.717) is 0 Å². The van der Waals surface area contributed by atoms with Gasteiger partial charge in [-0.2, -0.15) is 0 Å². The molecule has 6 heavy (non-hydrogen) atoms. The molecule has 0 aromatic rings. The highest BCUT2D eigenvalue weighted by Crippen LogP contribution is 1.97. The molecule has 0 rings (SSSR count). The molecule has 0 aromatic carbocycles. The second-order valence-electron chi connectivity index (χ2n) is 0.639. The van der Waals surface area contributed by atoms with E-state index in [9.17, 15) is 9.18 Å². The molecule has 0 aromatic heterocycles. The number of hydrogen-bond acceptors (Lipinski definition) is 1. The zero-order valence-electron chi connectivity index (χ0n) is 2.69. The number of carboxylic acid groups (broad SMARTS) is 1. The summed E-state index contributed by atoms with van der Waals surface area (Å²) in [6.07, 6.45) is 0. The smallest absolute Gasteiger partial charge is 0.349 e. The first-order valence-corrected chi connectivity index (χ1v) is 2.07. The number of rotatable bonds is 1. The molecule has 0 heterocycles. The maximum atomic E-state index is 11.1. The van der Waals surface area contributed by atoms with Crippen molar-refractivity contribution in [3.8, 4) is 0 Å². The summed E-state index contributed by atoms with van der Waals surface area (Å²) in [6, 6.07) is 0.